The summed E-state index contributed by atoms with van der Waals surface area (Å²) in [6.45, 7) is 13.4. The van der Waals surface area contributed by atoms with Gasteiger partial charge in [-0.15, -0.1) is 11.3 Å². The number of amides is 2. The summed E-state index contributed by atoms with van der Waals surface area (Å²) in [5, 5.41) is 9.06. The molecule has 0 aliphatic carbocycles. The van der Waals surface area contributed by atoms with Crippen LogP contribution >= 0.6 is 11.3 Å². The smallest absolute Gasteiger partial charge is 0.341 e. The Kier molecular flexibility index (Phi) is 7.97. The van der Waals surface area contributed by atoms with Crippen LogP contribution in [-0.2, 0) is 9.53 Å². The number of aryl methyl sites for hydroxylation is 2. The lowest BCUT2D eigenvalue weighted by Gasteiger charge is -2.19. The normalized spacial score (nSPS) is 11.2. The molecule has 7 nitrogen and oxygen atoms in total. The fourth-order valence-electron chi connectivity index (χ4n) is 2.92. The van der Waals surface area contributed by atoms with Crippen molar-refractivity contribution in [1.82, 2.24) is 5.32 Å². The number of hydrogen-bond donors (Lipinski definition) is 3. The lowest BCUT2D eigenvalue weighted by atomic mass is 10.1. The number of nitrogens with one attached hydrogen (secondary N) is 3. The highest BCUT2D eigenvalue weighted by Gasteiger charge is 2.27. The number of thiophene rings is 1. The Morgan fingerprint density at radius 1 is 1.06 bits per heavy atom. The molecule has 2 aromatic rings. The highest BCUT2D eigenvalue weighted by atomic mass is 32.1. The van der Waals surface area contributed by atoms with Gasteiger partial charge < -0.3 is 20.7 Å². The molecule has 0 saturated carbocycles. The van der Waals surface area contributed by atoms with Crippen LogP contribution in [0.2, 0.25) is 0 Å². The van der Waals surface area contributed by atoms with Gasteiger partial charge in [-0.2, -0.15) is 0 Å². The SMILES string of the molecule is CCOC(=O)c1c(NC(=O)CNC(C)(C)C)sc(C(=O)Nc2ccc(C)cc2C)c1C. The number of anilines is 2. The Morgan fingerprint density at radius 3 is 2.32 bits per heavy atom. The van der Waals surface area contributed by atoms with Crippen molar-refractivity contribution in [2.75, 3.05) is 23.8 Å². The molecular weight excluding hydrogens is 414 g/mol. The Balaban J connectivity index is 2.33. The van der Waals surface area contributed by atoms with Gasteiger partial charge in [0.05, 0.1) is 23.6 Å². The topological polar surface area (TPSA) is 96.5 Å². The van der Waals surface area contributed by atoms with Crippen LogP contribution in [0.5, 0.6) is 0 Å². The van der Waals surface area contributed by atoms with E-state index in [9.17, 15) is 14.4 Å². The molecule has 0 radical (unpaired) electrons. The van der Waals surface area contributed by atoms with Gasteiger partial charge >= 0.3 is 5.97 Å². The molecule has 0 spiro atoms. The fraction of sp³-hybridized carbons (Fsp3) is 0.435. The Labute approximate surface area is 187 Å². The van der Waals surface area contributed by atoms with Crippen LogP contribution in [0.3, 0.4) is 0 Å². The van der Waals surface area contributed by atoms with Crippen LogP contribution in [0.1, 0.15) is 64.4 Å². The average molecular weight is 446 g/mol. The molecule has 1 aromatic heterocycles. The molecule has 0 aliphatic heterocycles. The van der Waals surface area contributed by atoms with Gasteiger partial charge in [0, 0.05) is 11.2 Å². The molecule has 0 fully saturated rings. The van der Waals surface area contributed by atoms with E-state index in [-0.39, 0.29) is 36.1 Å². The lowest BCUT2D eigenvalue weighted by molar-refractivity contribution is -0.115. The van der Waals surface area contributed by atoms with Crippen molar-refractivity contribution >= 4 is 39.8 Å². The van der Waals surface area contributed by atoms with Crippen LogP contribution in [0.4, 0.5) is 10.7 Å². The van der Waals surface area contributed by atoms with Crippen molar-refractivity contribution in [2.24, 2.45) is 0 Å². The molecule has 8 heteroatoms. The molecular formula is C23H31N3O4S. The first-order chi connectivity index (χ1) is 14.4. The second-order valence-electron chi connectivity index (χ2n) is 8.41. The first-order valence-corrected chi connectivity index (χ1v) is 11.0. The van der Waals surface area contributed by atoms with Crippen LogP contribution < -0.4 is 16.0 Å². The van der Waals surface area contributed by atoms with Gasteiger partial charge in [0.1, 0.15) is 5.00 Å². The second-order valence-corrected chi connectivity index (χ2v) is 9.43. The molecule has 1 aromatic carbocycles. The summed E-state index contributed by atoms with van der Waals surface area (Å²) in [4.78, 5) is 38.3. The number of carbonyl (C=O) groups is 3. The van der Waals surface area contributed by atoms with E-state index >= 15 is 0 Å². The van der Waals surface area contributed by atoms with E-state index in [4.69, 9.17) is 4.74 Å². The standard InChI is InChI=1S/C23H31N3O4S/c1-8-30-22(29)18-15(4)19(20(28)25-16-10-9-13(2)11-14(16)3)31-21(18)26-17(27)12-24-23(5,6)7/h9-11,24H,8,12H2,1-7H3,(H,25,28)(H,26,27). The third-order valence-corrected chi connectivity index (χ3v) is 5.70. The van der Waals surface area contributed by atoms with Gasteiger partial charge in [-0.05, 0) is 65.7 Å². The fourth-order valence-corrected chi connectivity index (χ4v) is 4.02. The number of carbonyl (C=O) groups excluding carboxylic acids is 3. The van der Waals surface area contributed by atoms with Gasteiger partial charge in [-0.1, -0.05) is 17.7 Å². The molecule has 3 N–H and O–H groups in total. The summed E-state index contributed by atoms with van der Waals surface area (Å²) in [6.07, 6.45) is 0. The van der Waals surface area contributed by atoms with E-state index in [1.54, 1.807) is 13.8 Å². The van der Waals surface area contributed by atoms with Gasteiger partial charge in [0.2, 0.25) is 5.91 Å². The second kappa shape index (κ2) is 10.1. The summed E-state index contributed by atoms with van der Waals surface area (Å²) < 4.78 is 5.16. The highest BCUT2D eigenvalue weighted by Crippen LogP contribution is 2.34. The molecule has 0 unspecified atom stereocenters. The van der Waals surface area contributed by atoms with Gasteiger partial charge in [0.15, 0.2) is 0 Å². The van der Waals surface area contributed by atoms with Crippen LogP contribution in [-0.4, -0.2) is 36.5 Å². The summed E-state index contributed by atoms with van der Waals surface area (Å²) in [7, 11) is 0. The quantitative estimate of drug-likeness (QED) is 0.548. The molecule has 0 saturated heterocycles. The van der Waals surface area contributed by atoms with E-state index in [1.165, 1.54) is 0 Å². The first-order valence-electron chi connectivity index (χ1n) is 10.2. The predicted molar refractivity (Wildman–Crippen MR) is 125 cm³/mol. The molecule has 168 valence electrons. The molecule has 1 heterocycles. The van der Waals surface area contributed by atoms with Crippen molar-refractivity contribution in [3.05, 3.63) is 45.3 Å². The van der Waals surface area contributed by atoms with Crippen LogP contribution in [0.25, 0.3) is 0 Å². The Morgan fingerprint density at radius 2 is 1.74 bits per heavy atom. The van der Waals surface area contributed by atoms with Crippen LogP contribution in [0.15, 0.2) is 18.2 Å². The number of esters is 1. The molecule has 0 atom stereocenters. The number of rotatable bonds is 7. The summed E-state index contributed by atoms with van der Waals surface area (Å²) in [6, 6.07) is 5.75. The average Bonchev–Trinajstić information content (AvgIpc) is 2.98. The zero-order valence-electron chi connectivity index (χ0n) is 19.2. The van der Waals surface area contributed by atoms with Crippen LogP contribution in [0, 0.1) is 20.8 Å². The van der Waals surface area contributed by atoms with Crippen molar-refractivity contribution in [3.63, 3.8) is 0 Å². The van der Waals surface area contributed by atoms with E-state index in [1.807, 2.05) is 52.8 Å². The molecule has 31 heavy (non-hydrogen) atoms. The Hall–Kier alpha value is -2.71. The Bertz CT molecular complexity index is 989. The molecule has 0 bridgehead atoms. The third kappa shape index (κ3) is 6.63. The number of benzene rings is 1. The van der Waals surface area contributed by atoms with E-state index < -0.39 is 5.97 Å². The molecule has 2 amide bonds. The van der Waals surface area contributed by atoms with Crippen molar-refractivity contribution in [1.29, 1.82) is 0 Å². The molecule has 0 aliphatic rings. The zero-order valence-corrected chi connectivity index (χ0v) is 20.0. The molecule has 2 rings (SSSR count). The third-order valence-electron chi connectivity index (χ3n) is 4.49. The maximum atomic E-state index is 13.0. The maximum absolute atomic E-state index is 13.0. The van der Waals surface area contributed by atoms with Crippen molar-refractivity contribution in [2.45, 2.75) is 54.0 Å². The van der Waals surface area contributed by atoms with Crippen molar-refractivity contribution in [3.8, 4) is 0 Å². The zero-order chi connectivity index (χ0) is 23.3. The highest BCUT2D eigenvalue weighted by molar-refractivity contribution is 7.19. The summed E-state index contributed by atoms with van der Waals surface area (Å²) >= 11 is 1.07. The first kappa shape index (κ1) is 24.6. The maximum Gasteiger partial charge on any atom is 0.341 e. The predicted octanol–water partition coefficient (Wildman–Crippen LogP) is 4.43. The number of hydrogen-bond acceptors (Lipinski definition) is 6. The van der Waals surface area contributed by atoms with Crippen molar-refractivity contribution < 1.29 is 19.1 Å². The van der Waals surface area contributed by atoms with Gasteiger partial charge in [-0.3, -0.25) is 9.59 Å². The monoisotopic (exact) mass is 445 g/mol. The van der Waals surface area contributed by atoms with E-state index in [0.717, 1.165) is 22.5 Å². The van der Waals surface area contributed by atoms with E-state index in [2.05, 4.69) is 16.0 Å². The lowest BCUT2D eigenvalue weighted by Crippen LogP contribution is -2.41. The minimum Gasteiger partial charge on any atom is -0.462 e. The largest absolute Gasteiger partial charge is 0.462 e. The minimum atomic E-state index is -0.569. The van der Waals surface area contributed by atoms with Gasteiger partial charge in [-0.25, -0.2) is 4.79 Å². The number of ether oxygens (including phenoxy) is 1. The summed E-state index contributed by atoms with van der Waals surface area (Å²) in [5.41, 5.74) is 3.19. The van der Waals surface area contributed by atoms with E-state index in [0.29, 0.717) is 21.1 Å². The van der Waals surface area contributed by atoms with Gasteiger partial charge in [0.25, 0.3) is 5.91 Å². The minimum absolute atomic E-state index is 0.0762. The summed E-state index contributed by atoms with van der Waals surface area (Å²) in [5.74, 6) is -1.21.